The molecule has 0 saturated carbocycles. The molecule has 2 atom stereocenters. The van der Waals surface area contributed by atoms with Gasteiger partial charge >= 0.3 is 0 Å². The second kappa shape index (κ2) is 78.4. The van der Waals surface area contributed by atoms with Crippen molar-refractivity contribution in [2.24, 2.45) is 22.7 Å². The third kappa shape index (κ3) is 77.5. The quantitative estimate of drug-likeness (QED) is 0.0736. The van der Waals surface area contributed by atoms with E-state index in [1.807, 2.05) is 34.6 Å². The molecule has 0 aromatic heterocycles. The highest BCUT2D eigenvalue weighted by molar-refractivity contribution is 5.94. The third-order valence-corrected chi connectivity index (χ3v) is 14.6. The maximum absolute atomic E-state index is 13.5. The number of unbranched alkanes of at least 4 members (excludes halogenated alkanes) is 1. The van der Waals surface area contributed by atoms with E-state index in [-0.39, 0.29) is 54.2 Å². The third-order valence-electron chi connectivity index (χ3n) is 14.6. The van der Waals surface area contributed by atoms with Crippen molar-refractivity contribution in [1.82, 2.24) is 10.6 Å². The molecule has 0 saturated heterocycles. The number of Topliss-reactive ketones (excluding diaryl/α,β-unsaturated/α-hetero) is 2. The molecule has 0 aromatic carbocycles. The van der Waals surface area contributed by atoms with Gasteiger partial charge in [-0.2, -0.15) is 0 Å². The second-order valence-corrected chi connectivity index (χ2v) is 26.4. The standard InChI is InChI=1S/C74H144N2O28/c1-66(2)71(76-70(79)14-12-16-73(3,4)5)68(77)65-67(72(80)74(6,7)8)13-10-11-17-75-69(78)15-18-82-21-22-84-25-26-86-29-30-88-33-34-90-37-38-92-41-42-94-45-46-96-49-50-98-53-54-100-57-58-102-61-62-104-64-63-103-60-59-101-56-55-99-52-51-97-48-47-95-44-43-93-40-39-91-36-35-89-32-31-87-28-27-85-24-23-83-20-19-81-9/h66-67,71H,10-65H2,1-9H3,(H,75,78)(H,76,79)/t67-,71+/m1/s1. The molecule has 30 heteroatoms. The summed E-state index contributed by atoms with van der Waals surface area (Å²) in [5, 5.41) is 5.87. The highest BCUT2D eigenvalue weighted by atomic mass is 16.6. The lowest BCUT2D eigenvalue weighted by Crippen LogP contribution is -2.45. The molecular weight excluding hydrogens is 1360 g/mol. The van der Waals surface area contributed by atoms with Crippen LogP contribution in [0.2, 0.25) is 0 Å². The first-order valence-electron chi connectivity index (χ1n) is 38.0. The van der Waals surface area contributed by atoms with Gasteiger partial charge in [0.15, 0.2) is 5.78 Å². The zero-order valence-electron chi connectivity index (χ0n) is 65.8. The Hall–Kier alpha value is -2.68. The molecule has 0 aromatic rings. The van der Waals surface area contributed by atoms with Gasteiger partial charge in [0.05, 0.1) is 317 Å². The Bertz CT molecular complexity index is 1840. The van der Waals surface area contributed by atoms with Crippen LogP contribution in [0.25, 0.3) is 0 Å². The van der Waals surface area contributed by atoms with Crippen molar-refractivity contribution in [3.8, 4) is 0 Å². The number of ketones is 2. The lowest BCUT2D eigenvalue weighted by Gasteiger charge is -2.27. The van der Waals surface area contributed by atoms with E-state index in [0.717, 1.165) is 12.8 Å². The topological polar surface area (TPSA) is 314 Å². The van der Waals surface area contributed by atoms with Gasteiger partial charge in [-0.3, -0.25) is 19.2 Å². The Kier molecular flexibility index (Phi) is 76.4. The molecule has 0 heterocycles. The van der Waals surface area contributed by atoms with Crippen LogP contribution in [0.5, 0.6) is 0 Å². The second-order valence-electron chi connectivity index (χ2n) is 26.4. The van der Waals surface area contributed by atoms with Crippen molar-refractivity contribution >= 4 is 23.4 Å². The van der Waals surface area contributed by atoms with Crippen molar-refractivity contribution < 1.29 is 133 Å². The van der Waals surface area contributed by atoms with Crippen LogP contribution < -0.4 is 10.6 Å². The molecule has 0 radical (unpaired) electrons. The number of rotatable bonds is 86. The van der Waals surface area contributed by atoms with Gasteiger partial charge in [-0.25, -0.2) is 0 Å². The molecule has 0 aliphatic carbocycles. The normalized spacial score (nSPS) is 12.6. The molecule has 0 unspecified atom stereocenters. The Morgan fingerprint density at radius 1 is 0.298 bits per heavy atom. The van der Waals surface area contributed by atoms with Crippen molar-refractivity contribution in [3.63, 3.8) is 0 Å². The maximum Gasteiger partial charge on any atom is 0.222 e. The average Bonchev–Trinajstić information content (AvgIpc) is 0.859. The molecule has 0 bridgehead atoms. The molecule has 618 valence electrons. The summed E-state index contributed by atoms with van der Waals surface area (Å²) in [6.45, 7) is 38.6. The summed E-state index contributed by atoms with van der Waals surface area (Å²) in [7, 11) is 1.64. The summed E-state index contributed by atoms with van der Waals surface area (Å²) in [6, 6.07) is -0.635. The number of hydrogen-bond donors (Lipinski definition) is 2. The Balaban J connectivity index is 3.36. The van der Waals surface area contributed by atoms with E-state index in [4.69, 9.17) is 114 Å². The summed E-state index contributed by atoms with van der Waals surface area (Å²) < 4.78 is 132. The highest BCUT2D eigenvalue weighted by Gasteiger charge is 2.34. The molecular formula is C74H144N2O28. The SMILES string of the molecule is COCCOCCOCCOCCOCCOCCOCCOCCOCCOCCOCCOCCOCCOCCOCCOCCOCCOCCOCCOCCOCCOCCOCCOCCC(=O)NCCCC[C@H](CC(=O)[C@@H](NC(=O)CCCC(C)(C)C)C(C)C)C(=O)C(C)(C)C. The van der Waals surface area contributed by atoms with Gasteiger partial charge in [0.2, 0.25) is 11.8 Å². The number of ether oxygens (including phenoxy) is 24. The predicted octanol–water partition coefficient (Wildman–Crippen LogP) is 5.24. The van der Waals surface area contributed by atoms with Crippen molar-refractivity contribution in [2.75, 3.05) is 324 Å². The minimum Gasteiger partial charge on any atom is -0.382 e. The van der Waals surface area contributed by atoms with Crippen molar-refractivity contribution in [3.05, 3.63) is 0 Å². The summed E-state index contributed by atoms with van der Waals surface area (Å²) in [4.78, 5) is 52.1. The molecule has 0 aliphatic heterocycles. The first-order valence-corrected chi connectivity index (χ1v) is 38.0. The predicted molar refractivity (Wildman–Crippen MR) is 390 cm³/mol. The van der Waals surface area contributed by atoms with Gasteiger partial charge in [0.25, 0.3) is 0 Å². The van der Waals surface area contributed by atoms with E-state index in [2.05, 4.69) is 31.4 Å². The number of methoxy groups -OCH3 is 1. The van der Waals surface area contributed by atoms with Gasteiger partial charge in [0, 0.05) is 44.2 Å². The van der Waals surface area contributed by atoms with E-state index < -0.39 is 17.4 Å². The summed E-state index contributed by atoms with van der Waals surface area (Å²) >= 11 is 0. The molecule has 0 fully saturated rings. The van der Waals surface area contributed by atoms with E-state index in [1.165, 1.54) is 0 Å². The monoisotopic (exact) mass is 1510 g/mol. The largest absolute Gasteiger partial charge is 0.382 e. The average molecular weight is 1510 g/mol. The smallest absolute Gasteiger partial charge is 0.222 e. The fourth-order valence-electron chi connectivity index (χ4n) is 9.03. The van der Waals surface area contributed by atoms with Crippen molar-refractivity contribution in [2.45, 2.75) is 113 Å². The maximum atomic E-state index is 13.5. The van der Waals surface area contributed by atoms with Crippen molar-refractivity contribution in [1.29, 1.82) is 0 Å². The van der Waals surface area contributed by atoms with Gasteiger partial charge in [-0.15, -0.1) is 0 Å². The van der Waals surface area contributed by atoms with E-state index >= 15 is 0 Å². The lowest BCUT2D eigenvalue weighted by molar-refractivity contribution is -0.135. The number of hydrogen-bond acceptors (Lipinski definition) is 28. The fraction of sp³-hybridized carbons (Fsp3) is 0.946. The first kappa shape index (κ1) is 101. The van der Waals surface area contributed by atoms with Gasteiger partial charge < -0.3 is 124 Å². The Labute approximate surface area is 624 Å². The molecule has 0 aliphatic rings. The first-order chi connectivity index (χ1) is 50.6. The number of amides is 2. The Morgan fingerprint density at radius 2 is 0.538 bits per heavy atom. The summed E-state index contributed by atoms with van der Waals surface area (Å²) in [5.74, 6) is -0.873. The van der Waals surface area contributed by atoms with E-state index in [9.17, 15) is 19.2 Å². The molecule has 2 amide bonds. The fourth-order valence-corrected chi connectivity index (χ4v) is 9.03. The summed E-state index contributed by atoms with van der Waals surface area (Å²) in [6.07, 6.45) is 4.23. The zero-order chi connectivity index (χ0) is 76.0. The van der Waals surface area contributed by atoms with E-state index in [0.29, 0.717) is 336 Å². The number of nitrogens with one attached hydrogen (secondary N) is 2. The summed E-state index contributed by atoms with van der Waals surface area (Å²) in [5.41, 5.74) is -0.472. The van der Waals surface area contributed by atoms with Crippen LogP contribution in [0.3, 0.4) is 0 Å². The van der Waals surface area contributed by atoms with Crippen LogP contribution in [-0.2, 0) is 133 Å². The van der Waals surface area contributed by atoms with Crippen LogP contribution in [0.15, 0.2) is 0 Å². The molecule has 30 nitrogen and oxygen atoms in total. The van der Waals surface area contributed by atoms with Gasteiger partial charge in [-0.05, 0) is 37.0 Å². The van der Waals surface area contributed by atoms with Crippen LogP contribution in [0.1, 0.15) is 107 Å². The molecule has 0 spiro atoms. The molecule has 104 heavy (non-hydrogen) atoms. The Morgan fingerprint density at radius 3 is 0.760 bits per heavy atom. The number of carbonyl (C=O) groups excluding carboxylic acids is 4. The minimum atomic E-state index is -0.635. The lowest BCUT2D eigenvalue weighted by atomic mass is 9.77. The van der Waals surface area contributed by atoms with E-state index in [1.54, 1.807) is 7.11 Å². The van der Waals surface area contributed by atoms with Crippen LogP contribution in [-0.4, -0.2) is 354 Å². The van der Waals surface area contributed by atoms with Crippen LogP contribution in [0.4, 0.5) is 0 Å². The highest BCUT2D eigenvalue weighted by Crippen LogP contribution is 2.28. The zero-order valence-corrected chi connectivity index (χ0v) is 65.8. The van der Waals surface area contributed by atoms with Gasteiger partial charge in [0.1, 0.15) is 5.78 Å². The van der Waals surface area contributed by atoms with Crippen LogP contribution in [0, 0.1) is 22.7 Å². The molecule has 0 rings (SSSR count). The number of carbonyl (C=O) groups is 4. The minimum absolute atomic E-state index is 0.0337. The molecule has 2 N–H and O–H groups in total. The van der Waals surface area contributed by atoms with Crippen LogP contribution >= 0.6 is 0 Å². The van der Waals surface area contributed by atoms with Gasteiger partial charge in [-0.1, -0.05) is 61.8 Å².